The summed E-state index contributed by atoms with van der Waals surface area (Å²) in [5.41, 5.74) is -0.615. The van der Waals surface area contributed by atoms with E-state index in [-0.39, 0.29) is 5.56 Å². The number of hydrogen-bond donors (Lipinski definition) is 1. The molecule has 1 aliphatic rings. The zero-order chi connectivity index (χ0) is 18.9. The standard InChI is InChI=1S/C18H14F4N2O2/c19-13-4-6-14(7-5-13)24-9-8-15(17(24)26)23-16(25)11-2-1-3-12(10-11)18(20,21)22/h1-7,10,15H,8-9H2,(H,23,25)/t15-/m1/s1. The van der Waals surface area contributed by atoms with Gasteiger partial charge in [-0.15, -0.1) is 0 Å². The zero-order valence-corrected chi connectivity index (χ0v) is 13.4. The molecule has 0 saturated carbocycles. The van der Waals surface area contributed by atoms with E-state index in [1.165, 1.54) is 35.2 Å². The van der Waals surface area contributed by atoms with Crippen molar-refractivity contribution in [3.63, 3.8) is 0 Å². The molecule has 0 aliphatic carbocycles. The Labute approximate surface area is 146 Å². The first-order valence-electron chi connectivity index (χ1n) is 7.81. The van der Waals surface area contributed by atoms with Crippen molar-refractivity contribution >= 4 is 17.5 Å². The van der Waals surface area contributed by atoms with Crippen molar-refractivity contribution < 1.29 is 27.2 Å². The van der Waals surface area contributed by atoms with Crippen LogP contribution in [-0.4, -0.2) is 24.4 Å². The lowest BCUT2D eigenvalue weighted by atomic mass is 10.1. The van der Waals surface area contributed by atoms with Crippen LogP contribution in [0.25, 0.3) is 0 Å². The molecule has 136 valence electrons. The summed E-state index contributed by atoms with van der Waals surface area (Å²) in [7, 11) is 0. The fourth-order valence-corrected chi connectivity index (χ4v) is 2.77. The molecule has 1 saturated heterocycles. The van der Waals surface area contributed by atoms with Gasteiger partial charge in [-0.05, 0) is 48.9 Å². The van der Waals surface area contributed by atoms with Crippen molar-refractivity contribution in [2.75, 3.05) is 11.4 Å². The third kappa shape index (κ3) is 3.68. The molecule has 26 heavy (non-hydrogen) atoms. The Morgan fingerprint density at radius 1 is 1.12 bits per heavy atom. The Balaban J connectivity index is 1.71. The lowest BCUT2D eigenvalue weighted by Crippen LogP contribution is -2.41. The highest BCUT2D eigenvalue weighted by atomic mass is 19.4. The van der Waals surface area contributed by atoms with E-state index in [0.717, 1.165) is 18.2 Å². The van der Waals surface area contributed by atoms with Crippen LogP contribution in [0.1, 0.15) is 22.3 Å². The zero-order valence-electron chi connectivity index (χ0n) is 13.4. The Morgan fingerprint density at radius 3 is 2.46 bits per heavy atom. The minimum absolute atomic E-state index is 0.173. The van der Waals surface area contributed by atoms with E-state index in [0.29, 0.717) is 18.7 Å². The van der Waals surface area contributed by atoms with Gasteiger partial charge in [0.15, 0.2) is 0 Å². The minimum atomic E-state index is -4.56. The number of hydrogen-bond acceptors (Lipinski definition) is 2. The number of halogens is 4. The van der Waals surface area contributed by atoms with Gasteiger partial charge in [-0.25, -0.2) is 4.39 Å². The summed E-state index contributed by atoms with van der Waals surface area (Å²) in [4.78, 5) is 26.0. The van der Waals surface area contributed by atoms with Gasteiger partial charge in [0.2, 0.25) is 5.91 Å². The SMILES string of the molecule is O=C(N[C@@H]1CCN(c2ccc(F)cc2)C1=O)c1cccc(C(F)(F)F)c1. The van der Waals surface area contributed by atoms with Gasteiger partial charge < -0.3 is 10.2 Å². The molecule has 0 spiro atoms. The fraction of sp³-hybridized carbons (Fsp3) is 0.222. The summed E-state index contributed by atoms with van der Waals surface area (Å²) in [5, 5.41) is 2.46. The van der Waals surface area contributed by atoms with Gasteiger partial charge in [0.05, 0.1) is 5.56 Å². The van der Waals surface area contributed by atoms with Crippen LogP contribution < -0.4 is 10.2 Å². The maximum atomic E-state index is 13.0. The van der Waals surface area contributed by atoms with Crippen LogP contribution in [0.4, 0.5) is 23.2 Å². The molecule has 2 aromatic rings. The molecule has 0 radical (unpaired) electrons. The molecule has 4 nitrogen and oxygen atoms in total. The summed E-state index contributed by atoms with van der Waals surface area (Å²) >= 11 is 0. The number of nitrogens with zero attached hydrogens (tertiary/aromatic N) is 1. The van der Waals surface area contributed by atoms with Crippen LogP contribution in [0.3, 0.4) is 0 Å². The molecular weight excluding hydrogens is 352 g/mol. The molecular formula is C18H14F4N2O2. The highest BCUT2D eigenvalue weighted by Crippen LogP contribution is 2.29. The van der Waals surface area contributed by atoms with Crippen molar-refractivity contribution in [2.24, 2.45) is 0 Å². The number of benzene rings is 2. The third-order valence-electron chi connectivity index (χ3n) is 4.10. The Hall–Kier alpha value is -2.90. The summed E-state index contributed by atoms with van der Waals surface area (Å²) in [6.45, 7) is 0.317. The Kier molecular flexibility index (Phi) is 4.67. The highest BCUT2D eigenvalue weighted by Gasteiger charge is 2.35. The Morgan fingerprint density at radius 2 is 1.81 bits per heavy atom. The molecule has 0 aromatic heterocycles. The maximum Gasteiger partial charge on any atom is 0.416 e. The van der Waals surface area contributed by atoms with Gasteiger partial charge in [-0.3, -0.25) is 9.59 Å². The molecule has 1 atom stereocenters. The second kappa shape index (κ2) is 6.78. The molecule has 2 amide bonds. The van der Waals surface area contributed by atoms with Crippen molar-refractivity contribution in [3.8, 4) is 0 Å². The van der Waals surface area contributed by atoms with E-state index >= 15 is 0 Å². The average Bonchev–Trinajstić information content (AvgIpc) is 2.96. The normalized spacial score (nSPS) is 17.5. The number of carbonyl (C=O) groups is 2. The van der Waals surface area contributed by atoms with Crippen LogP contribution in [-0.2, 0) is 11.0 Å². The third-order valence-corrected chi connectivity index (χ3v) is 4.10. The predicted molar refractivity (Wildman–Crippen MR) is 86.1 cm³/mol. The summed E-state index contributed by atoms with van der Waals surface area (Å²) in [5.74, 6) is -1.58. The maximum absolute atomic E-state index is 13.0. The molecule has 1 fully saturated rings. The second-order valence-electron chi connectivity index (χ2n) is 5.86. The monoisotopic (exact) mass is 366 g/mol. The summed E-state index contributed by atoms with van der Waals surface area (Å²) < 4.78 is 51.2. The van der Waals surface area contributed by atoms with Crippen molar-refractivity contribution in [1.82, 2.24) is 5.32 Å². The van der Waals surface area contributed by atoms with Crippen molar-refractivity contribution in [2.45, 2.75) is 18.6 Å². The number of anilines is 1. The smallest absolute Gasteiger partial charge is 0.340 e. The first-order valence-corrected chi connectivity index (χ1v) is 7.81. The highest BCUT2D eigenvalue weighted by molar-refractivity contribution is 6.03. The molecule has 0 bridgehead atoms. The average molecular weight is 366 g/mol. The van der Waals surface area contributed by atoms with Crippen LogP contribution in [0.5, 0.6) is 0 Å². The first-order chi connectivity index (χ1) is 12.3. The quantitative estimate of drug-likeness (QED) is 0.847. The topological polar surface area (TPSA) is 49.4 Å². The second-order valence-corrected chi connectivity index (χ2v) is 5.86. The van der Waals surface area contributed by atoms with Gasteiger partial charge in [0.1, 0.15) is 11.9 Å². The molecule has 1 heterocycles. The number of nitrogens with one attached hydrogen (secondary N) is 1. The van der Waals surface area contributed by atoms with E-state index in [2.05, 4.69) is 5.32 Å². The molecule has 0 unspecified atom stereocenters. The van der Waals surface area contributed by atoms with Crippen LogP contribution in [0, 0.1) is 5.82 Å². The van der Waals surface area contributed by atoms with Gasteiger partial charge in [0.25, 0.3) is 5.91 Å². The van der Waals surface area contributed by atoms with Gasteiger partial charge >= 0.3 is 6.18 Å². The molecule has 8 heteroatoms. The summed E-state index contributed by atoms with van der Waals surface area (Å²) in [6, 6.07) is 8.49. The van der Waals surface area contributed by atoms with Crippen LogP contribution >= 0.6 is 0 Å². The number of carbonyl (C=O) groups excluding carboxylic acids is 2. The van der Waals surface area contributed by atoms with E-state index in [1.807, 2.05) is 0 Å². The van der Waals surface area contributed by atoms with E-state index in [1.54, 1.807) is 0 Å². The fourth-order valence-electron chi connectivity index (χ4n) is 2.77. The van der Waals surface area contributed by atoms with Crippen LogP contribution in [0.2, 0.25) is 0 Å². The molecule has 3 rings (SSSR count). The van der Waals surface area contributed by atoms with E-state index < -0.39 is 35.4 Å². The number of amides is 2. The summed E-state index contributed by atoms with van der Waals surface area (Å²) in [6.07, 6.45) is -4.25. The molecule has 1 aliphatic heterocycles. The minimum Gasteiger partial charge on any atom is -0.340 e. The number of rotatable bonds is 3. The van der Waals surface area contributed by atoms with Gasteiger partial charge in [-0.2, -0.15) is 13.2 Å². The molecule has 2 aromatic carbocycles. The van der Waals surface area contributed by atoms with E-state index in [9.17, 15) is 27.2 Å². The predicted octanol–water partition coefficient (Wildman–Crippen LogP) is 3.38. The van der Waals surface area contributed by atoms with Gasteiger partial charge in [-0.1, -0.05) is 6.07 Å². The van der Waals surface area contributed by atoms with E-state index in [4.69, 9.17) is 0 Å². The lowest BCUT2D eigenvalue weighted by Gasteiger charge is -2.17. The Bertz CT molecular complexity index is 834. The molecule has 1 N–H and O–H groups in total. The first kappa shape index (κ1) is 17.9. The van der Waals surface area contributed by atoms with Gasteiger partial charge in [0, 0.05) is 17.8 Å². The lowest BCUT2D eigenvalue weighted by molar-refractivity contribution is -0.137. The number of alkyl halides is 3. The largest absolute Gasteiger partial charge is 0.416 e. The van der Waals surface area contributed by atoms with Crippen molar-refractivity contribution in [1.29, 1.82) is 0 Å². The van der Waals surface area contributed by atoms with Crippen molar-refractivity contribution in [3.05, 3.63) is 65.5 Å². The van der Waals surface area contributed by atoms with Crippen LogP contribution in [0.15, 0.2) is 48.5 Å².